The first-order chi connectivity index (χ1) is 8.21. The van der Waals surface area contributed by atoms with Crippen LogP contribution in [-0.4, -0.2) is 13.1 Å². The average molecular weight is 268 g/mol. The number of hydrogen-bond donors (Lipinski definition) is 2. The lowest BCUT2D eigenvalue weighted by molar-refractivity contribution is 0.375. The minimum Gasteiger partial charge on any atom is -0.380 e. The summed E-state index contributed by atoms with van der Waals surface area (Å²) in [6.07, 6.45) is 0. The van der Waals surface area contributed by atoms with Gasteiger partial charge in [-0.15, -0.1) is 0 Å². The van der Waals surface area contributed by atoms with Crippen LogP contribution >= 0.6 is 0 Å². The van der Waals surface area contributed by atoms with Crippen LogP contribution in [0.15, 0.2) is 0 Å². The van der Waals surface area contributed by atoms with Crippen LogP contribution in [0, 0.1) is 34.5 Å². The Morgan fingerprint density at radius 2 is 1.28 bits per heavy atom. The van der Waals surface area contributed by atoms with E-state index < -0.39 is 40.2 Å². The lowest BCUT2D eigenvalue weighted by atomic mass is 9.94. The molecule has 0 atom stereocenters. The molecule has 1 rings (SSSR count). The maximum Gasteiger partial charge on any atom is 0.200 e. The van der Waals surface area contributed by atoms with Crippen molar-refractivity contribution in [2.24, 2.45) is 11.1 Å². The Bertz CT molecular complexity index is 430. The first-order valence-electron chi connectivity index (χ1n) is 5.16. The number of nitrogens with one attached hydrogen (secondary N) is 1. The van der Waals surface area contributed by atoms with Crippen molar-refractivity contribution in [1.29, 1.82) is 0 Å². The molecule has 7 heteroatoms. The molecule has 1 aromatic carbocycles. The van der Waals surface area contributed by atoms with Gasteiger partial charge >= 0.3 is 0 Å². The van der Waals surface area contributed by atoms with Crippen molar-refractivity contribution in [2.45, 2.75) is 13.8 Å². The standard InChI is InChI=1S/C11H13F5N2/c1-11(2,3-17)4-18-10-8(15)6(13)5(12)7(14)9(10)16/h18H,3-4,17H2,1-2H3. The molecule has 0 amide bonds. The van der Waals surface area contributed by atoms with E-state index in [2.05, 4.69) is 5.32 Å². The highest BCUT2D eigenvalue weighted by atomic mass is 19.2. The van der Waals surface area contributed by atoms with E-state index in [0.717, 1.165) is 0 Å². The van der Waals surface area contributed by atoms with Crippen LogP contribution < -0.4 is 11.1 Å². The number of halogens is 5. The molecule has 0 radical (unpaired) electrons. The van der Waals surface area contributed by atoms with Crippen molar-refractivity contribution in [1.82, 2.24) is 0 Å². The fraction of sp³-hybridized carbons (Fsp3) is 0.455. The summed E-state index contributed by atoms with van der Waals surface area (Å²) in [5.41, 5.74) is 3.82. The first kappa shape index (κ1) is 14.7. The van der Waals surface area contributed by atoms with E-state index in [1.54, 1.807) is 13.8 Å². The molecule has 0 heterocycles. The minimum atomic E-state index is -2.17. The monoisotopic (exact) mass is 268 g/mol. The van der Waals surface area contributed by atoms with Gasteiger partial charge in [-0.05, 0) is 12.0 Å². The van der Waals surface area contributed by atoms with E-state index in [4.69, 9.17) is 5.73 Å². The summed E-state index contributed by atoms with van der Waals surface area (Å²) in [7, 11) is 0. The number of nitrogens with two attached hydrogens (primary N) is 1. The molecule has 3 N–H and O–H groups in total. The van der Waals surface area contributed by atoms with Crippen molar-refractivity contribution in [2.75, 3.05) is 18.4 Å². The predicted octanol–water partition coefficient (Wildman–Crippen LogP) is 2.78. The molecule has 0 spiro atoms. The van der Waals surface area contributed by atoms with Gasteiger partial charge in [0.2, 0.25) is 5.82 Å². The number of anilines is 1. The van der Waals surface area contributed by atoms with Crippen LogP contribution in [0.4, 0.5) is 27.6 Å². The second-order valence-corrected chi connectivity index (χ2v) is 4.67. The molecule has 2 nitrogen and oxygen atoms in total. The Morgan fingerprint density at radius 1 is 0.889 bits per heavy atom. The molecule has 0 saturated heterocycles. The third-order valence-corrected chi connectivity index (χ3v) is 2.51. The SMILES string of the molecule is CC(C)(CN)CNc1c(F)c(F)c(F)c(F)c1F. The Hall–Kier alpha value is -1.37. The van der Waals surface area contributed by atoms with Gasteiger partial charge in [0.1, 0.15) is 5.69 Å². The van der Waals surface area contributed by atoms with Crippen LogP contribution in [0.5, 0.6) is 0 Å². The molecular weight excluding hydrogens is 255 g/mol. The average Bonchev–Trinajstić information content (AvgIpc) is 2.34. The Kier molecular flexibility index (Phi) is 4.16. The molecule has 0 aliphatic heterocycles. The van der Waals surface area contributed by atoms with Crippen molar-refractivity contribution in [3.05, 3.63) is 29.1 Å². The van der Waals surface area contributed by atoms with Crippen LogP contribution in [0.2, 0.25) is 0 Å². The largest absolute Gasteiger partial charge is 0.380 e. The number of rotatable bonds is 4. The molecule has 18 heavy (non-hydrogen) atoms. The van der Waals surface area contributed by atoms with E-state index >= 15 is 0 Å². The third-order valence-electron chi connectivity index (χ3n) is 2.51. The molecule has 102 valence electrons. The zero-order valence-corrected chi connectivity index (χ0v) is 9.88. The van der Waals surface area contributed by atoms with E-state index in [1.165, 1.54) is 0 Å². The molecule has 0 aromatic heterocycles. The molecular formula is C11H13F5N2. The summed E-state index contributed by atoms with van der Waals surface area (Å²) in [6.45, 7) is 3.54. The van der Waals surface area contributed by atoms with Crippen LogP contribution in [0.1, 0.15) is 13.8 Å². The van der Waals surface area contributed by atoms with Gasteiger partial charge in [0.05, 0.1) is 0 Å². The maximum atomic E-state index is 13.3. The van der Waals surface area contributed by atoms with Gasteiger partial charge in [-0.2, -0.15) is 0 Å². The molecule has 0 fully saturated rings. The van der Waals surface area contributed by atoms with Gasteiger partial charge < -0.3 is 11.1 Å². The summed E-state index contributed by atoms with van der Waals surface area (Å²) >= 11 is 0. The normalized spacial score (nSPS) is 11.8. The van der Waals surface area contributed by atoms with Gasteiger partial charge in [0.25, 0.3) is 0 Å². The highest BCUT2D eigenvalue weighted by Crippen LogP contribution is 2.28. The van der Waals surface area contributed by atoms with E-state index in [-0.39, 0.29) is 13.1 Å². The van der Waals surface area contributed by atoms with Crippen LogP contribution in [-0.2, 0) is 0 Å². The zero-order chi connectivity index (χ0) is 14.1. The topological polar surface area (TPSA) is 38.0 Å². The second-order valence-electron chi connectivity index (χ2n) is 4.67. The molecule has 0 saturated carbocycles. The highest BCUT2D eigenvalue weighted by molar-refractivity contribution is 5.47. The van der Waals surface area contributed by atoms with Crippen molar-refractivity contribution >= 4 is 5.69 Å². The molecule has 0 unspecified atom stereocenters. The van der Waals surface area contributed by atoms with E-state index in [1.807, 2.05) is 0 Å². The Labute approximate surface area is 101 Å². The van der Waals surface area contributed by atoms with Crippen LogP contribution in [0.3, 0.4) is 0 Å². The Balaban J connectivity index is 3.11. The lowest BCUT2D eigenvalue weighted by Crippen LogP contribution is -2.32. The van der Waals surface area contributed by atoms with Crippen molar-refractivity contribution in [3.63, 3.8) is 0 Å². The summed E-state index contributed by atoms with van der Waals surface area (Å²) in [4.78, 5) is 0. The quantitative estimate of drug-likeness (QED) is 0.500. The van der Waals surface area contributed by atoms with Crippen molar-refractivity contribution in [3.8, 4) is 0 Å². The fourth-order valence-electron chi connectivity index (χ4n) is 1.16. The maximum absolute atomic E-state index is 13.3. The van der Waals surface area contributed by atoms with Gasteiger partial charge in [0, 0.05) is 6.54 Å². The fourth-order valence-corrected chi connectivity index (χ4v) is 1.16. The van der Waals surface area contributed by atoms with Gasteiger partial charge in [0.15, 0.2) is 23.3 Å². The summed E-state index contributed by atoms with van der Waals surface area (Å²) in [5, 5.41) is 2.20. The van der Waals surface area contributed by atoms with Crippen molar-refractivity contribution < 1.29 is 22.0 Å². The van der Waals surface area contributed by atoms with Gasteiger partial charge in [-0.25, -0.2) is 22.0 Å². The van der Waals surface area contributed by atoms with Gasteiger partial charge in [-0.3, -0.25) is 0 Å². The summed E-state index contributed by atoms with van der Waals surface area (Å²) in [6, 6.07) is 0. The molecule has 0 bridgehead atoms. The van der Waals surface area contributed by atoms with E-state index in [0.29, 0.717) is 0 Å². The number of hydrogen-bond acceptors (Lipinski definition) is 2. The Morgan fingerprint density at radius 3 is 1.67 bits per heavy atom. The molecule has 0 aliphatic rings. The predicted molar refractivity (Wildman–Crippen MR) is 57.6 cm³/mol. The number of benzene rings is 1. The lowest BCUT2D eigenvalue weighted by Gasteiger charge is -2.23. The third kappa shape index (κ3) is 2.72. The van der Waals surface area contributed by atoms with E-state index in [9.17, 15) is 22.0 Å². The van der Waals surface area contributed by atoms with Gasteiger partial charge in [-0.1, -0.05) is 13.8 Å². The molecule has 0 aliphatic carbocycles. The van der Waals surface area contributed by atoms with Crippen LogP contribution in [0.25, 0.3) is 0 Å². The summed E-state index contributed by atoms with van der Waals surface area (Å²) in [5.74, 6) is -9.86. The first-order valence-corrected chi connectivity index (χ1v) is 5.16. The second kappa shape index (κ2) is 5.09. The summed E-state index contributed by atoms with van der Waals surface area (Å²) < 4.78 is 65.1. The zero-order valence-electron chi connectivity index (χ0n) is 9.88. The molecule has 1 aromatic rings. The minimum absolute atomic E-state index is 0.0259. The highest BCUT2D eigenvalue weighted by Gasteiger charge is 2.26. The smallest absolute Gasteiger partial charge is 0.200 e.